The van der Waals surface area contributed by atoms with Crippen molar-refractivity contribution in [1.29, 1.82) is 0 Å². The van der Waals surface area contributed by atoms with E-state index in [0.717, 1.165) is 5.56 Å². The van der Waals surface area contributed by atoms with Crippen LogP contribution in [-0.4, -0.2) is 17.9 Å². The van der Waals surface area contributed by atoms with Crippen LogP contribution in [0, 0.1) is 0 Å². The Morgan fingerprint density at radius 2 is 1.95 bits per heavy atom. The number of carbonyl (C=O) groups excluding carboxylic acids is 2. The quantitative estimate of drug-likeness (QED) is 0.922. The average Bonchev–Trinajstić information content (AvgIpc) is 2.40. The summed E-state index contributed by atoms with van der Waals surface area (Å²) in [7, 11) is 0. The number of rotatable bonds is 3. The highest BCUT2D eigenvalue weighted by molar-refractivity contribution is 5.92. The predicted octanol–water partition coefficient (Wildman–Crippen LogP) is 2.94. The molecular formula is C16H21NO3. The summed E-state index contributed by atoms with van der Waals surface area (Å²) in [6.45, 7) is 6.68. The van der Waals surface area contributed by atoms with E-state index >= 15 is 0 Å². The number of nitrogens with one attached hydrogen (secondary N) is 1. The first kappa shape index (κ1) is 14.6. The fourth-order valence-corrected chi connectivity index (χ4v) is 1.99. The van der Waals surface area contributed by atoms with Gasteiger partial charge in [0.1, 0.15) is 6.61 Å². The molecule has 1 fully saturated rings. The first-order valence-electron chi connectivity index (χ1n) is 6.92. The normalized spacial score (nSPS) is 18.4. The number of alkyl carbamates (subject to hydrolysis) is 1. The van der Waals surface area contributed by atoms with Crippen LogP contribution in [0.5, 0.6) is 0 Å². The van der Waals surface area contributed by atoms with Crippen LogP contribution >= 0.6 is 0 Å². The second-order valence-corrected chi connectivity index (χ2v) is 6.22. The van der Waals surface area contributed by atoms with Gasteiger partial charge in [-0.2, -0.15) is 0 Å². The van der Waals surface area contributed by atoms with Crippen LogP contribution in [0.25, 0.3) is 0 Å². The first-order valence-corrected chi connectivity index (χ1v) is 6.92. The maximum atomic E-state index is 11.5. The fraction of sp³-hybridized carbons (Fsp3) is 0.500. The highest BCUT2D eigenvalue weighted by atomic mass is 16.5. The second kappa shape index (κ2) is 5.65. The van der Waals surface area contributed by atoms with E-state index < -0.39 is 6.09 Å². The Kier molecular flexibility index (Phi) is 4.12. The zero-order valence-corrected chi connectivity index (χ0v) is 12.2. The second-order valence-electron chi connectivity index (χ2n) is 6.22. The van der Waals surface area contributed by atoms with Gasteiger partial charge in [0, 0.05) is 6.42 Å². The molecule has 1 amide bonds. The minimum Gasteiger partial charge on any atom is -0.445 e. The number of amides is 1. The molecule has 0 aliphatic heterocycles. The van der Waals surface area contributed by atoms with Gasteiger partial charge in [0.25, 0.3) is 0 Å². The minimum atomic E-state index is -0.525. The van der Waals surface area contributed by atoms with E-state index in [1.54, 1.807) is 0 Å². The Bertz CT molecular complexity index is 499. The van der Waals surface area contributed by atoms with Crippen LogP contribution in [0.1, 0.15) is 44.7 Å². The summed E-state index contributed by atoms with van der Waals surface area (Å²) < 4.78 is 5.11. The third kappa shape index (κ3) is 3.59. The van der Waals surface area contributed by atoms with Gasteiger partial charge in [-0.15, -0.1) is 0 Å². The molecule has 0 heterocycles. The monoisotopic (exact) mass is 275 g/mol. The summed E-state index contributed by atoms with van der Waals surface area (Å²) in [5, 5.41) is 2.56. The first-order chi connectivity index (χ1) is 9.36. The lowest BCUT2D eigenvalue weighted by atomic mass is 9.87. The number of hydrogen-bond donors (Lipinski definition) is 1. The average molecular weight is 275 g/mol. The van der Waals surface area contributed by atoms with Crippen LogP contribution in [0.3, 0.4) is 0 Å². The van der Waals surface area contributed by atoms with Gasteiger partial charge >= 0.3 is 6.09 Å². The van der Waals surface area contributed by atoms with Crippen LogP contribution in [0.15, 0.2) is 24.3 Å². The van der Waals surface area contributed by atoms with Crippen LogP contribution in [0.2, 0.25) is 0 Å². The molecule has 1 N–H and O–H groups in total. The number of ketones is 1. The van der Waals surface area contributed by atoms with E-state index in [1.807, 2.05) is 24.3 Å². The predicted molar refractivity (Wildman–Crippen MR) is 76.5 cm³/mol. The highest BCUT2D eigenvalue weighted by Crippen LogP contribution is 2.22. The van der Waals surface area contributed by atoms with Gasteiger partial charge in [-0.05, 0) is 23.0 Å². The lowest BCUT2D eigenvalue weighted by molar-refractivity contribution is -0.126. The van der Waals surface area contributed by atoms with Crippen molar-refractivity contribution in [2.75, 3.05) is 0 Å². The molecule has 108 valence electrons. The van der Waals surface area contributed by atoms with Crippen molar-refractivity contribution < 1.29 is 14.3 Å². The zero-order valence-electron chi connectivity index (χ0n) is 12.2. The Morgan fingerprint density at radius 1 is 1.30 bits per heavy atom. The minimum absolute atomic E-state index is 0.0801. The maximum absolute atomic E-state index is 11.5. The smallest absolute Gasteiger partial charge is 0.408 e. The zero-order chi connectivity index (χ0) is 14.8. The molecule has 1 atom stereocenters. The number of ether oxygens (including phenoxy) is 1. The molecule has 1 aromatic carbocycles. The van der Waals surface area contributed by atoms with Crippen LogP contribution in [-0.2, 0) is 21.6 Å². The molecular weight excluding hydrogens is 254 g/mol. The topological polar surface area (TPSA) is 55.4 Å². The summed E-state index contributed by atoms with van der Waals surface area (Å²) in [6, 6.07) is 7.67. The van der Waals surface area contributed by atoms with E-state index in [1.165, 1.54) is 5.56 Å². The molecule has 1 aliphatic carbocycles. The molecule has 1 aliphatic rings. The summed E-state index contributed by atoms with van der Waals surface area (Å²) in [6.07, 6.45) is 0.746. The molecule has 0 bridgehead atoms. The third-order valence-electron chi connectivity index (χ3n) is 3.55. The molecule has 0 unspecified atom stereocenters. The van der Waals surface area contributed by atoms with Gasteiger partial charge < -0.3 is 10.1 Å². The summed E-state index contributed by atoms with van der Waals surface area (Å²) in [4.78, 5) is 22.6. The molecule has 0 radical (unpaired) electrons. The Morgan fingerprint density at radius 3 is 2.40 bits per heavy atom. The fourth-order valence-electron chi connectivity index (χ4n) is 1.99. The van der Waals surface area contributed by atoms with Gasteiger partial charge in [0.15, 0.2) is 5.78 Å². The molecule has 20 heavy (non-hydrogen) atoms. The molecule has 4 nitrogen and oxygen atoms in total. The van der Waals surface area contributed by atoms with Gasteiger partial charge in [-0.1, -0.05) is 45.0 Å². The van der Waals surface area contributed by atoms with Crippen molar-refractivity contribution in [3.63, 3.8) is 0 Å². The van der Waals surface area contributed by atoms with Crippen molar-refractivity contribution in [3.05, 3.63) is 35.4 Å². The standard InChI is InChI=1S/C16H21NO3/c1-16(2,3)12-6-4-11(5-7-12)10-20-15(19)17-13-8-9-14(13)18/h4-7,13H,8-10H2,1-3H3,(H,17,19)/t13-/m0/s1. The van der Waals surface area contributed by atoms with Crippen LogP contribution in [0.4, 0.5) is 4.79 Å². The van der Waals surface area contributed by atoms with Crippen molar-refractivity contribution in [2.45, 2.75) is 51.7 Å². The van der Waals surface area contributed by atoms with Gasteiger partial charge in [0.05, 0.1) is 6.04 Å². The number of benzene rings is 1. The summed E-state index contributed by atoms with van der Waals surface area (Å²) >= 11 is 0. The Hall–Kier alpha value is -1.84. The van der Waals surface area contributed by atoms with E-state index in [4.69, 9.17) is 4.74 Å². The van der Waals surface area contributed by atoms with Gasteiger partial charge in [-0.25, -0.2) is 4.79 Å². The largest absolute Gasteiger partial charge is 0.445 e. The molecule has 1 saturated carbocycles. The Labute approximate surface area is 119 Å². The van der Waals surface area contributed by atoms with E-state index in [0.29, 0.717) is 12.8 Å². The number of Topliss-reactive ketones (excluding diaryl/α,β-unsaturated/α-hetero) is 1. The molecule has 1 aromatic rings. The van der Waals surface area contributed by atoms with Crippen LogP contribution < -0.4 is 5.32 Å². The molecule has 4 heteroatoms. The summed E-state index contributed by atoms with van der Waals surface area (Å²) in [5.74, 6) is 0.0801. The maximum Gasteiger partial charge on any atom is 0.408 e. The van der Waals surface area contributed by atoms with Crippen molar-refractivity contribution in [1.82, 2.24) is 5.32 Å². The summed E-state index contributed by atoms with van der Waals surface area (Å²) in [5.41, 5.74) is 2.29. The molecule has 2 rings (SSSR count). The number of hydrogen-bond acceptors (Lipinski definition) is 3. The molecule has 0 saturated heterocycles. The van der Waals surface area contributed by atoms with E-state index in [9.17, 15) is 9.59 Å². The van der Waals surface area contributed by atoms with E-state index in [-0.39, 0.29) is 23.8 Å². The van der Waals surface area contributed by atoms with Crippen molar-refractivity contribution in [3.8, 4) is 0 Å². The van der Waals surface area contributed by atoms with Gasteiger partial charge in [-0.3, -0.25) is 4.79 Å². The van der Waals surface area contributed by atoms with Crippen molar-refractivity contribution in [2.24, 2.45) is 0 Å². The molecule has 0 aromatic heterocycles. The van der Waals surface area contributed by atoms with E-state index in [2.05, 4.69) is 26.1 Å². The number of carbonyl (C=O) groups is 2. The lowest BCUT2D eigenvalue weighted by Crippen LogP contribution is -2.47. The highest BCUT2D eigenvalue weighted by Gasteiger charge is 2.29. The Balaban J connectivity index is 1.81. The van der Waals surface area contributed by atoms with Crippen molar-refractivity contribution >= 4 is 11.9 Å². The SMILES string of the molecule is CC(C)(C)c1ccc(COC(=O)N[C@H]2CCC2=O)cc1. The molecule has 0 spiro atoms. The lowest BCUT2D eigenvalue weighted by Gasteiger charge is -2.24. The van der Waals surface area contributed by atoms with Gasteiger partial charge in [0.2, 0.25) is 0 Å². The third-order valence-corrected chi connectivity index (χ3v) is 3.55.